The number of para-hydroxylation sites is 1. The summed E-state index contributed by atoms with van der Waals surface area (Å²) < 4.78 is 5.41. The van der Waals surface area contributed by atoms with Gasteiger partial charge in [-0.25, -0.2) is 0 Å². The van der Waals surface area contributed by atoms with Crippen molar-refractivity contribution in [3.05, 3.63) is 45.8 Å². The molecule has 0 spiro atoms. The predicted molar refractivity (Wildman–Crippen MR) is 138 cm³/mol. The van der Waals surface area contributed by atoms with Crippen LogP contribution in [0.5, 0.6) is 0 Å². The third kappa shape index (κ3) is 5.70. The maximum atomic E-state index is 13.6. The summed E-state index contributed by atoms with van der Waals surface area (Å²) in [6.45, 7) is 12.4. The van der Waals surface area contributed by atoms with Gasteiger partial charge in [0.1, 0.15) is 18.1 Å². The highest BCUT2D eigenvalue weighted by Gasteiger charge is 2.34. The lowest BCUT2D eigenvalue weighted by molar-refractivity contribution is -0.899. The molecule has 3 N–H and O–H groups in total. The molecule has 184 valence electrons. The highest BCUT2D eigenvalue weighted by Crippen LogP contribution is 2.44. The summed E-state index contributed by atoms with van der Waals surface area (Å²) in [4.78, 5) is 29.0. The van der Waals surface area contributed by atoms with Crippen molar-refractivity contribution >= 4 is 33.8 Å². The molecule has 2 heterocycles. The normalized spacial score (nSPS) is 18.9. The maximum absolute atomic E-state index is 13.6. The highest BCUT2D eigenvalue weighted by atomic mass is 32.1. The molecule has 0 radical (unpaired) electrons. The minimum Gasteiger partial charge on any atom is -0.370 e. The Morgan fingerprint density at radius 3 is 2.59 bits per heavy atom. The molecule has 1 aliphatic carbocycles. The molecule has 2 aromatic rings. The molecule has 6 nitrogen and oxygen atoms in total. The van der Waals surface area contributed by atoms with Crippen LogP contribution in [0.3, 0.4) is 0 Å². The number of quaternary nitrogens is 1. The van der Waals surface area contributed by atoms with Crippen LogP contribution in [0.25, 0.3) is 0 Å². The molecular weight excluding hydrogens is 446 g/mol. The SMILES string of the molecule is CCc1ccccc1NC(=O)c1c(NC(=O)C[NH+]2CCOCC2)sc2c1CC[C@H](C(C)(C)C)C2. The number of morpholine rings is 1. The number of hydrogen-bond donors (Lipinski definition) is 3. The smallest absolute Gasteiger partial charge is 0.280 e. The Morgan fingerprint density at radius 2 is 1.88 bits per heavy atom. The number of anilines is 2. The van der Waals surface area contributed by atoms with E-state index in [1.807, 2.05) is 24.3 Å². The van der Waals surface area contributed by atoms with Gasteiger partial charge in [0, 0.05) is 10.6 Å². The van der Waals surface area contributed by atoms with Gasteiger partial charge in [-0.3, -0.25) is 9.59 Å². The van der Waals surface area contributed by atoms with Gasteiger partial charge in [-0.05, 0) is 54.2 Å². The Morgan fingerprint density at radius 1 is 1.15 bits per heavy atom. The van der Waals surface area contributed by atoms with Crippen molar-refractivity contribution in [1.29, 1.82) is 0 Å². The van der Waals surface area contributed by atoms with Crippen LogP contribution in [-0.4, -0.2) is 44.7 Å². The second-order valence-corrected chi connectivity index (χ2v) is 11.7. The van der Waals surface area contributed by atoms with E-state index in [9.17, 15) is 9.59 Å². The highest BCUT2D eigenvalue weighted by molar-refractivity contribution is 7.17. The van der Waals surface area contributed by atoms with Gasteiger partial charge in [-0.15, -0.1) is 11.3 Å². The lowest BCUT2D eigenvalue weighted by atomic mass is 9.72. The number of ether oxygens (including phenoxy) is 1. The summed E-state index contributed by atoms with van der Waals surface area (Å²) >= 11 is 1.59. The number of carbonyl (C=O) groups is 2. The summed E-state index contributed by atoms with van der Waals surface area (Å²) in [5.74, 6) is 0.407. The number of hydrogen-bond acceptors (Lipinski definition) is 4. The first-order valence-electron chi connectivity index (χ1n) is 12.5. The Bertz CT molecular complexity index is 1030. The Labute approximate surface area is 207 Å². The van der Waals surface area contributed by atoms with Crippen molar-refractivity contribution in [1.82, 2.24) is 0 Å². The number of fused-ring (bicyclic) bond motifs is 1. The van der Waals surface area contributed by atoms with Crippen LogP contribution in [0.2, 0.25) is 0 Å². The van der Waals surface area contributed by atoms with Gasteiger partial charge in [0.05, 0.1) is 18.8 Å². The van der Waals surface area contributed by atoms with Crippen LogP contribution in [0, 0.1) is 11.3 Å². The van der Waals surface area contributed by atoms with Crippen molar-refractivity contribution in [3.8, 4) is 0 Å². The number of aryl methyl sites for hydroxylation is 1. The monoisotopic (exact) mass is 484 g/mol. The molecule has 0 saturated carbocycles. The Hall–Kier alpha value is -2.22. The van der Waals surface area contributed by atoms with Crippen molar-refractivity contribution < 1.29 is 19.2 Å². The second-order valence-electron chi connectivity index (χ2n) is 10.6. The molecule has 2 aliphatic rings. The van der Waals surface area contributed by atoms with Crippen LogP contribution in [0.1, 0.15) is 60.5 Å². The minimum absolute atomic E-state index is 0.0362. The van der Waals surface area contributed by atoms with E-state index in [1.165, 1.54) is 9.78 Å². The summed E-state index contributed by atoms with van der Waals surface area (Å²) in [7, 11) is 0. The van der Waals surface area contributed by atoms with E-state index in [2.05, 4.69) is 38.3 Å². The molecule has 1 atom stereocenters. The van der Waals surface area contributed by atoms with Gasteiger partial charge in [-0.2, -0.15) is 0 Å². The molecule has 2 amide bonds. The molecule has 0 bridgehead atoms. The van der Waals surface area contributed by atoms with Gasteiger partial charge in [0.25, 0.3) is 11.8 Å². The maximum Gasteiger partial charge on any atom is 0.280 e. The standard InChI is InChI=1S/C27H37N3O3S/c1-5-18-8-6-7-9-21(18)28-25(32)24-20-11-10-19(27(2,3)4)16-22(20)34-26(24)29-23(31)17-30-12-14-33-15-13-30/h6-9,19H,5,10-17H2,1-4H3,(H,28,32)(H,29,31)/p+1/t19-/m0/s1. The topological polar surface area (TPSA) is 71.9 Å². The predicted octanol–water partition coefficient (Wildman–Crippen LogP) is 3.57. The fourth-order valence-electron chi connectivity index (χ4n) is 5.02. The molecule has 1 aliphatic heterocycles. The largest absolute Gasteiger partial charge is 0.370 e. The molecule has 1 saturated heterocycles. The minimum atomic E-state index is -0.123. The molecule has 1 aromatic carbocycles. The van der Waals surface area contributed by atoms with Crippen LogP contribution < -0.4 is 15.5 Å². The van der Waals surface area contributed by atoms with Crippen LogP contribution in [0.15, 0.2) is 24.3 Å². The van der Waals surface area contributed by atoms with Gasteiger partial charge in [0.15, 0.2) is 6.54 Å². The summed E-state index contributed by atoms with van der Waals surface area (Å²) in [5.41, 5.74) is 3.94. The third-order valence-corrected chi connectivity index (χ3v) is 8.40. The number of rotatable bonds is 6. The van der Waals surface area contributed by atoms with Crippen LogP contribution >= 0.6 is 11.3 Å². The first kappa shape index (κ1) is 24.9. The van der Waals surface area contributed by atoms with Gasteiger partial charge < -0.3 is 20.3 Å². The lowest BCUT2D eigenvalue weighted by Gasteiger charge is -2.33. The first-order chi connectivity index (χ1) is 16.3. The number of nitrogens with one attached hydrogen (secondary N) is 3. The molecule has 1 fully saturated rings. The van der Waals surface area contributed by atoms with E-state index in [-0.39, 0.29) is 17.2 Å². The van der Waals surface area contributed by atoms with E-state index in [1.54, 1.807) is 11.3 Å². The fourth-order valence-corrected chi connectivity index (χ4v) is 6.36. The van der Waals surface area contributed by atoms with E-state index >= 15 is 0 Å². The van der Waals surface area contributed by atoms with Gasteiger partial charge in [0.2, 0.25) is 0 Å². The molecule has 34 heavy (non-hydrogen) atoms. The lowest BCUT2D eigenvalue weighted by Crippen LogP contribution is -3.15. The average molecular weight is 485 g/mol. The van der Waals surface area contributed by atoms with Crippen LogP contribution in [0.4, 0.5) is 10.7 Å². The number of carbonyl (C=O) groups excluding carboxylic acids is 2. The average Bonchev–Trinajstić information content (AvgIpc) is 3.16. The molecule has 1 aromatic heterocycles. The van der Waals surface area contributed by atoms with Crippen molar-refractivity contribution in [3.63, 3.8) is 0 Å². The summed E-state index contributed by atoms with van der Waals surface area (Å²) in [6, 6.07) is 7.93. The molecular formula is C27H38N3O3S+. The van der Waals surface area contributed by atoms with Gasteiger partial charge >= 0.3 is 0 Å². The fraction of sp³-hybridized carbons (Fsp3) is 0.556. The first-order valence-corrected chi connectivity index (χ1v) is 13.3. The Kier molecular flexibility index (Phi) is 7.75. The van der Waals surface area contributed by atoms with E-state index in [4.69, 9.17) is 4.74 Å². The third-order valence-electron chi connectivity index (χ3n) is 7.23. The zero-order valence-electron chi connectivity index (χ0n) is 20.9. The molecule has 7 heteroatoms. The zero-order valence-corrected chi connectivity index (χ0v) is 21.7. The van der Waals surface area contributed by atoms with E-state index in [0.29, 0.717) is 36.2 Å². The number of benzene rings is 1. The molecule has 0 unspecified atom stereocenters. The Balaban J connectivity index is 1.61. The van der Waals surface area contributed by atoms with Crippen molar-refractivity contribution in [2.75, 3.05) is 43.5 Å². The number of thiophene rings is 1. The summed E-state index contributed by atoms with van der Waals surface area (Å²) in [6.07, 6.45) is 3.73. The van der Waals surface area contributed by atoms with E-state index in [0.717, 1.165) is 55.6 Å². The quantitative estimate of drug-likeness (QED) is 0.587. The molecule has 4 rings (SSSR count). The van der Waals surface area contributed by atoms with E-state index < -0.39 is 0 Å². The zero-order chi connectivity index (χ0) is 24.3. The van der Waals surface area contributed by atoms with Crippen LogP contribution in [-0.2, 0) is 28.8 Å². The van der Waals surface area contributed by atoms with Crippen molar-refractivity contribution in [2.45, 2.75) is 53.4 Å². The summed E-state index contributed by atoms with van der Waals surface area (Å²) in [5, 5.41) is 6.96. The second kappa shape index (κ2) is 10.6. The van der Waals surface area contributed by atoms with Gasteiger partial charge in [-0.1, -0.05) is 45.9 Å². The number of amides is 2. The van der Waals surface area contributed by atoms with Crippen molar-refractivity contribution in [2.24, 2.45) is 11.3 Å².